The summed E-state index contributed by atoms with van der Waals surface area (Å²) in [5, 5.41) is 18.0. The lowest BCUT2D eigenvalue weighted by molar-refractivity contribution is -0.141. The minimum Gasteiger partial charge on any atom is -0.480 e. The van der Waals surface area contributed by atoms with Crippen LogP contribution >= 0.6 is 11.8 Å². The zero-order valence-electron chi connectivity index (χ0n) is 9.24. The molecule has 1 rings (SSSR count). The number of hydrogen-bond donors (Lipinski definition) is 2. The topological polar surface area (TPSA) is 57.5 Å². The predicted octanol–water partition coefficient (Wildman–Crippen LogP) is 2.14. The van der Waals surface area contributed by atoms with Crippen LogP contribution in [0.1, 0.15) is 39.0 Å². The summed E-state index contributed by atoms with van der Waals surface area (Å²) in [6.45, 7) is 2.23. The van der Waals surface area contributed by atoms with E-state index in [-0.39, 0.29) is 6.61 Å². The first kappa shape index (κ1) is 12.8. The molecule has 1 fully saturated rings. The lowest BCUT2D eigenvalue weighted by Crippen LogP contribution is -2.39. The molecular formula is C11H20O3S. The summed E-state index contributed by atoms with van der Waals surface area (Å²) in [6, 6.07) is 0. The molecule has 0 spiro atoms. The van der Waals surface area contributed by atoms with Gasteiger partial charge in [-0.15, -0.1) is 11.8 Å². The minimum atomic E-state index is -0.699. The van der Waals surface area contributed by atoms with Crippen LogP contribution in [0.3, 0.4) is 0 Å². The molecule has 0 amide bonds. The molecule has 0 aromatic heterocycles. The van der Waals surface area contributed by atoms with Gasteiger partial charge >= 0.3 is 5.97 Å². The number of carbonyl (C=O) groups is 1. The average molecular weight is 232 g/mol. The second-order valence-electron chi connectivity index (χ2n) is 4.22. The molecule has 4 heteroatoms. The molecule has 0 aliphatic heterocycles. The number of thioether (sulfide) groups is 1. The molecule has 0 atom stereocenters. The fourth-order valence-electron chi connectivity index (χ4n) is 2.21. The molecule has 1 saturated carbocycles. The van der Waals surface area contributed by atoms with Gasteiger partial charge in [-0.2, -0.15) is 0 Å². The molecule has 2 N–H and O–H groups in total. The van der Waals surface area contributed by atoms with Crippen molar-refractivity contribution in [1.29, 1.82) is 0 Å². The molecule has 0 aromatic rings. The summed E-state index contributed by atoms with van der Waals surface area (Å²) in [5.74, 6) is 0.533. The van der Waals surface area contributed by atoms with Gasteiger partial charge in [-0.05, 0) is 31.6 Å². The maximum atomic E-state index is 11.3. The molecule has 0 bridgehead atoms. The van der Waals surface area contributed by atoms with Crippen molar-refractivity contribution >= 4 is 17.7 Å². The van der Waals surface area contributed by atoms with Crippen molar-refractivity contribution in [1.82, 2.24) is 0 Å². The van der Waals surface area contributed by atoms with Crippen LogP contribution in [0.2, 0.25) is 0 Å². The van der Waals surface area contributed by atoms with E-state index in [4.69, 9.17) is 5.11 Å². The molecule has 3 nitrogen and oxygen atoms in total. The van der Waals surface area contributed by atoms with Crippen molar-refractivity contribution in [3.05, 3.63) is 0 Å². The second kappa shape index (κ2) is 5.75. The molecule has 0 heterocycles. The number of aliphatic hydroxyl groups excluding tert-OH is 1. The highest BCUT2D eigenvalue weighted by Crippen LogP contribution is 2.42. The Labute approximate surface area is 95.3 Å². The van der Waals surface area contributed by atoms with Crippen LogP contribution in [-0.4, -0.2) is 33.3 Å². The third-order valence-electron chi connectivity index (χ3n) is 3.35. The van der Waals surface area contributed by atoms with Gasteiger partial charge in [-0.25, -0.2) is 0 Å². The summed E-state index contributed by atoms with van der Waals surface area (Å²) >= 11 is 1.42. The van der Waals surface area contributed by atoms with E-state index in [9.17, 15) is 9.90 Å². The fourth-order valence-corrected chi connectivity index (χ4v) is 3.34. The first-order valence-electron chi connectivity index (χ1n) is 5.63. The highest BCUT2D eigenvalue weighted by Gasteiger charge is 2.41. The van der Waals surface area contributed by atoms with Gasteiger partial charge in [0, 0.05) is 5.75 Å². The molecule has 0 aromatic carbocycles. The molecule has 15 heavy (non-hydrogen) atoms. The van der Waals surface area contributed by atoms with E-state index >= 15 is 0 Å². The van der Waals surface area contributed by atoms with Crippen LogP contribution < -0.4 is 0 Å². The zero-order chi connectivity index (χ0) is 11.3. The Morgan fingerprint density at radius 1 is 1.47 bits per heavy atom. The summed E-state index contributed by atoms with van der Waals surface area (Å²) < 4.78 is -0.617. The first-order valence-corrected chi connectivity index (χ1v) is 6.61. The standard InChI is InChI=1S/C11H20O3S/c1-2-9-3-5-11(6-4-9,10(13)14)15-8-7-12/h9,12H,2-8H2,1H3,(H,13,14). The molecule has 0 unspecified atom stereocenters. The van der Waals surface area contributed by atoms with E-state index in [1.54, 1.807) is 0 Å². The third-order valence-corrected chi connectivity index (χ3v) is 4.87. The normalized spacial score (nSPS) is 31.5. The number of carboxylic acids is 1. The minimum absolute atomic E-state index is 0.0664. The van der Waals surface area contributed by atoms with Gasteiger partial charge in [0.2, 0.25) is 0 Å². The van der Waals surface area contributed by atoms with Gasteiger partial charge in [0.15, 0.2) is 0 Å². The predicted molar refractivity (Wildman–Crippen MR) is 62.2 cm³/mol. The molecule has 1 aliphatic rings. The van der Waals surface area contributed by atoms with Gasteiger partial charge in [-0.1, -0.05) is 13.3 Å². The Morgan fingerprint density at radius 2 is 2.07 bits per heavy atom. The highest BCUT2D eigenvalue weighted by atomic mass is 32.2. The van der Waals surface area contributed by atoms with E-state index in [0.29, 0.717) is 11.7 Å². The number of aliphatic hydroxyl groups is 1. The largest absolute Gasteiger partial charge is 0.480 e. The Kier molecular flexibility index (Phi) is 4.93. The van der Waals surface area contributed by atoms with Gasteiger partial charge in [0.1, 0.15) is 4.75 Å². The molecule has 1 aliphatic carbocycles. The Bertz CT molecular complexity index is 210. The maximum absolute atomic E-state index is 11.3. The van der Waals surface area contributed by atoms with Crippen LogP contribution in [0.4, 0.5) is 0 Å². The first-order chi connectivity index (χ1) is 7.14. The van der Waals surface area contributed by atoms with E-state index in [0.717, 1.165) is 32.1 Å². The lowest BCUT2D eigenvalue weighted by Gasteiger charge is -2.36. The second-order valence-corrected chi connectivity index (χ2v) is 5.70. The van der Waals surface area contributed by atoms with Crippen molar-refractivity contribution in [2.75, 3.05) is 12.4 Å². The van der Waals surface area contributed by atoms with Gasteiger partial charge in [-0.3, -0.25) is 4.79 Å². The fraction of sp³-hybridized carbons (Fsp3) is 0.909. The van der Waals surface area contributed by atoms with Crippen molar-refractivity contribution in [3.8, 4) is 0 Å². The molecule has 0 radical (unpaired) electrons. The smallest absolute Gasteiger partial charge is 0.319 e. The Hall–Kier alpha value is -0.220. The molecule has 88 valence electrons. The van der Waals surface area contributed by atoms with Gasteiger partial charge < -0.3 is 10.2 Å². The quantitative estimate of drug-likeness (QED) is 0.762. The zero-order valence-corrected chi connectivity index (χ0v) is 10.1. The van der Waals surface area contributed by atoms with Crippen LogP contribution in [0.15, 0.2) is 0 Å². The molecule has 0 saturated heterocycles. The maximum Gasteiger partial charge on any atom is 0.319 e. The third kappa shape index (κ3) is 3.11. The van der Waals surface area contributed by atoms with Crippen molar-refractivity contribution in [2.24, 2.45) is 5.92 Å². The monoisotopic (exact) mass is 232 g/mol. The average Bonchev–Trinajstić information content (AvgIpc) is 2.27. The van der Waals surface area contributed by atoms with Crippen molar-refractivity contribution in [3.63, 3.8) is 0 Å². The van der Waals surface area contributed by atoms with Gasteiger partial charge in [0.05, 0.1) is 6.61 Å². The van der Waals surface area contributed by atoms with E-state index in [1.807, 2.05) is 0 Å². The number of carboxylic acid groups (broad SMARTS) is 1. The SMILES string of the molecule is CCC1CCC(SCCO)(C(=O)O)CC1. The molecular weight excluding hydrogens is 212 g/mol. The van der Waals surface area contributed by atoms with Crippen molar-refractivity contribution in [2.45, 2.75) is 43.8 Å². The number of rotatable bonds is 5. The summed E-state index contributed by atoms with van der Waals surface area (Å²) in [5.41, 5.74) is 0. The van der Waals surface area contributed by atoms with Crippen LogP contribution in [0.25, 0.3) is 0 Å². The van der Waals surface area contributed by atoms with Crippen LogP contribution in [0.5, 0.6) is 0 Å². The highest BCUT2D eigenvalue weighted by molar-refractivity contribution is 8.01. The van der Waals surface area contributed by atoms with E-state index < -0.39 is 10.7 Å². The van der Waals surface area contributed by atoms with Crippen LogP contribution in [-0.2, 0) is 4.79 Å². The lowest BCUT2D eigenvalue weighted by atomic mass is 9.80. The van der Waals surface area contributed by atoms with Crippen molar-refractivity contribution < 1.29 is 15.0 Å². The number of hydrogen-bond acceptors (Lipinski definition) is 3. The summed E-state index contributed by atoms with van der Waals surface area (Å²) in [7, 11) is 0. The summed E-state index contributed by atoms with van der Waals surface area (Å²) in [6.07, 6.45) is 4.69. The number of aliphatic carboxylic acids is 1. The summed E-state index contributed by atoms with van der Waals surface area (Å²) in [4.78, 5) is 11.3. The Morgan fingerprint density at radius 3 is 2.47 bits per heavy atom. The van der Waals surface area contributed by atoms with Crippen LogP contribution in [0, 0.1) is 5.92 Å². The van der Waals surface area contributed by atoms with E-state index in [2.05, 4.69) is 6.92 Å². The van der Waals surface area contributed by atoms with E-state index in [1.165, 1.54) is 11.8 Å². The van der Waals surface area contributed by atoms with Gasteiger partial charge in [0.25, 0.3) is 0 Å². The Balaban J connectivity index is 2.56.